The van der Waals surface area contributed by atoms with Crippen LogP contribution in [-0.2, 0) is 0 Å². The number of nitrogens with zero attached hydrogens (tertiary/aromatic N) is 2. The van der Waals surface area contributed by atoms with Crippen molar-refractivity contribution in [1.82, 2.24) is 0 Å². The van der Waals surface area contributed by atoms with Crippen molar-refractivity contribution in [1.29, 1.82) is 0 Å². The Labute approximate surface area is 327 Å². The molecule has 56 heavy (non-hydrogen) atoms. The van der Waals surface area contributed by atoms with Crippen LogP contribution in [0.25, 0.3) is 44.6 Å². The summed E-state index contributed by atoms with van der Waals surface area (Å²) in [6.45, 7) is 0. The van der Waals surface area contributed by atoms with Crippen molar-refractivity contribution in [3.63, 3.8) is 0 Å². The van der Waals surface area contributed by atoms with E-state index in [4.69, 9.17) is 11.7 Å². The van der Waals surface area contributed by atoms with E-state index in [0.29, 0.717) is 0 Å². The fourth-order valence-electron chi connectivity index (χ4n) is 8.19. The molecule has 7 aromatic rings. The fraction of sp³-hybridized carbons (Fsp3) is 0. The summed E-state index contributed by atoms with van der Waals surface area (Å²) in [5, 5.41) is 9.08. The van der Waals surface area contributed by atoms with Crippen LogP contribution in [0.4, 0.5) is 0 Å². The summed E-state index contributed by atoms with van der Waals surface area (Å²) < 4.78 is 0. The standard InChI is InChI=1S/C52H38N4/c53-55-51-47(37-23-11-3-12-24-37)43(35-19-7-1-8-20-35)45(49(51)39-27-15-5-16-28-39)41-31-33-42(34-32-41)46-44(36-21-9-2-10-22-36)48(38-25-13-4-14-26-38)52(56-54)50(46)40-29-17-6-18-30-40/h1-34H,53-54H2/b55-51+,56-52+. The third kappa shape index (κ3) is 6.00. The van der Waals surface area contributed by atoms with Gasteiger partial charge in [-0.2, -0.15) is 10.2 Å². The van der Waals surface area contributed by atoms with Crippen molar-refractivity contribution in [3.8, 4) is 0 Å². The lowest BCUT2D eigenvalue weighted by molar-refractivity contribution is 1.26. The topological polar surface area (TPSA) is 76.8 Å². The minimum absolute atomic E-state index is 0.760. The maximum atomic E-state index is 6.39. The van der Waals surface area contributed by atoms with E-state index in [-0.39, 0.29) is 0 Å². The van der Waals surface area contributed by atoms with Gasteiger partial charge in [0.15, 0.2) is 0 Å². The van der Waals surface area contributed by atoms with Crippen molar-refractivity contribution in [2.24, 2.45) is 21.9 Å². The Kier molecular flexibility index (Phi) is 9.20. The molecular formula is C52H38N4. The van der Waals surface area contributed by atoms with Crippen LogP contribution >= 0.6 is 0 Å². The summed E-state index contributed by atoms with van der Waals surface area (Å²) in [5.74, 6) is 12.8. The third-order valence-corrected chi connectivity index (χ3v) is 10.5. The van der Waals surface area contributed by atoms with E-state index >= 15 is 0 Å². The van der Waals surface area contributed by atoms with E-state index in [0.717, 1.165) is 101 Å². The Morgan fingerprint density at radius 1 is 0.196 bits per heavy atom. The molecule has 4 heteroatoms. The number of benzene rings is 7. The maximum absolute atomic E-state index is 6.39. The number of rotatable bonds is 8. The number of allylic oxidation sites excluding steroid dienone is 8. The Morgan fingerprint density at radius 3 is 0.536 bits per heavy atom. The van der Waals surface area contributed by atoms with Gasteiger partial charge in [0.2, 0.25) is 0 Å². The molecule has 2 aliphatic carbocycles. The van der Waals surface area contributed by atoms with Gasteiger partial charge in [0.05, 0.1) is 11.4 Å². The highest BCUT2D eigenvalue weighted by atomic mass is 15.1. The first-order valence-corrected chi connectivity index (χ1v) is 18.7. The van der Waals surface area contributed by atoms with E-state index in [1.165, 1.54) is 0 Å². The Hall–Kier alpha value is -7.56. The fourth-order valence-corrected chi connectivity index (χ4v) is 8.19. The summed E-state index contributed by atoms with van der Waals surface area (Å²) in [6.07, 6.45) is 0. The van der Waals surface area contributed by atoms with E-state index in [9.17, 15) is 0 Å². The average molecular weight is 719 g/mol. The zero-order chi connectivity index (χ0) is 37.8. The van der Waals surface area contributed by atoms with Crippen molar-refractivity contribution in [3.05, 3.63) is 251 Å². The smallest absolute Gasteiger partial charge is 0.0996 e. The molecule has 0 heterocycles. The first-order valence-electron chi connectivity index (χ1n) is 18.7. The lowest BCUT2D eigenvalue weighted by atomic mass is 9.86. The van der Waals surface area contributed by atoms with Gasteiger partial charge < -0.3 is 11.7 Å². The molecule has 0 fully saturated rings. The highest BCUT2D eigenvalue weighted by molar-refractivity contribution is 6.62. The van der Waals surface area contributed by atoms with E-state index < -0.39 is 0 Å². The summed E-state index contributed by atoms with van der Waals surface area (Å²) in [6, 6.07) is 71.8. The molecule has 0 atom stereocenters. The van der Waals surface area contributed by atoms with Crippen LogP contribution in [0.3, 0.4) is 0 Å². The SMILES string of the molecule is N/N=C1\C(c2ccccc2)=C(c2ccccc2)C(c2ccc(C3=C(c4ccccc4)/C(=N/N)C(c4ccccc4)=C3c3ccccc3)cc2)=C1c1ccccc1. The largest absolute Gasteiger partial charge is 0.323 e. The molecule has 7 aromatic carbocycles. The normalized spacial score (nSPS) is 15.8. The van der Waals surface area contributed by atoms with Gasteiger partial charge in [0.1, 0.15) is 0 Å². The first-order chi connectivity index (χ1) is 27.8. The summed E-state index contributed by atoms with van der Waals surface area (Å²) in [7, 11) is 0. The van der Waals surface area contributed by atoms with Gasteiger partial charge in [0, 0.05) is 44.6 Å². The Bertz CT molecular complexity index is 2530. The van der Waals surface area contributed by atoms with Gasteiger partial charge in [-0.05, 0) is 44.5 Å². The molecule has 0 saturated carbocycles. The molecular weight excluding hydrogens is 681 g/mol. The molecule has 4 nitrogen and oxygen atoms in total. The molecule has 0 aromatic heterocycles. The van der Waals surface area contributed by atoms with Crippen LogP contribution in [0.15, 0.2) is 216 Å². The Morgan fingerprint density at radius 2 is 0.357 bits per heavy atom. The molecule has 9 rings (SSSR count). The van der Waals surface area contributed by atoms with Crippen LogP contribution in [0, 0.1) is 0 Å². The van der Waals surface area contributed by atoms with Crippen LogP contribution in [-0.4, -0.2) is 11.4 Å². The zero-order valence-electron chi connectivity index (χ0n) is 30.7. The molecule has 0 bridgehead atoms. The maximum Gasteiger partial charge on any atom is 0.0996 e. The zero-order valence-corrected chi connectivity index (χ0v) is 30.7. The van der Waals surface area contributed by atoms with Gasteiger partial charge >= 0.3 is 0 Å². The molecule has 4 N–H and O–H groups in total. The highest BCUT2D eigenvalue weighted by Gasteiger charge is 2.36. The van der Waals surface area contributed by atoms with Crippen LogP contribution in [0.1, 0.15) is 44.5 Å². The van der Waals surface area contributed by atoms with E-state index in [2.05, 4.69) is 192 Å². The lowest BCUT2D eigenvalue weighted by Crippen LogP contribution is -2.06. The summed E-state index contributed by atoms with van der Waals surface area (Å²) in [5.41, 5.74) is 18.4. The van der Waals surface area contributed by atoms with Gasteiger partial charge in [-0.25, -0.2) is 0 Å². The van der Waals surface area contributed by atoms with E-state index in [1.54, 1.807) is 0 Å². The second-order valence-corrected chi connectivity index (χ2v) is 13.7. The minimum atomic E-state index is 0.760. The summed E-state index contributed by atoms with van der Waals surface area (Å²) >= 11 is 0. The van der Waals surface area contributed by atoms with Crippen molar-refractivity contribution in [2.45, 2.75) is 0 Å². The number of hydrogen-bond donors (Lipinski definition) is 2. The molecule has 0 saturated heterocycles. The highest BCUT2D eigenvalue weighted by Crippen LogP contribution is 2.52. The van der Waals surface area contributed by atoms with Crippen molar-refractivity contribution < 1.29 is 0 Å². The number of hydrogen-bond acceptors (Lipinski definition) is 4. The quantitative estimate of drug-likeness (QED) is 0.121. The van der Waals surface area contributed by atoms with Gasteiger partial charge in [0.25, 0.3) is 0 Å². The van der Waals surface area contributed by atoms with Gasteiger partial charge in [-0.1, -0.05) is 206 Å². The molecule has 0 amide bonds. The van der Waals surface area contributed by atoms with Crippen LogP contribution in [0.2, 0.25) is 0 Å². The average Bonchev–Trinajstić information content (AvgIpc) is 3.82. The molecule has 0 aliphatic heterocycles. The number of nitrogens with two attached hydrogens (primary N) is 2. The summed E-state index contributed by atoms with van der Waals surface area (Å²) in [4.78, 5) is 0. The first kappa shape index (κ1) is 34.2. The molecule has 0 spiro atoms. The molecule has 266 valence electrons. The monoisotopic (exact) mass is 718 g/mol. The van der Waals surface area contributed by atoms with Crippen LogP contribution in [0.5, 0.6) is 0 Å². The Balaban J connectivity index is 1.32. The third-order valence-electron chi connectivity index (χ3n) is 10.5. The molecule has 0 unspecified atom stereocenters. The van der Waals surface area contributed by atoms with Crippen molar-refractivity contribution in [2.75, 3.05) is 0 Å². The van der Waals surface area contributed by atoms with Crippen molar-refractivity contribution >= 4 is 56.0 Å². The molecule has 2 aliphatic rings. The number of hydrazone groups is 2. The molecule has 0 radical (unpaired) electrons. The van der Waals surface area contributed by atoms with Gasteiger partial charge in [-0.3, -0.25) is 0 Å². The predicted octanol–water partition coefficient (Wildman–Crippen LogP) is 11.4. The predicted molar refractivity (Wildman–Crippen MR) is 236 cm³/mol. The second kappa shape index (κ2) is 15.1. The second-order valence-electron chi connectivity index (χ2n) is 13.7. The minimum Gasteiger partial charge on any atom is -0.323 e. The van der Waals surface area contributed by atoms with E-state index in [1.807, 2.05) is 24.3 Å². The van der Waals surface area contributed by atoms with Crippen LogP contribution < -0.4 is 11.7 Å². The lowest BCUT2D eigenvalue weighted by Gasteiger charge is -2.17. The van der Waals surface area contributed by atoms with Gasteiger partial charge in [-0.15, -0.1) is 0 Å².